The lowest BCUT2D eigenvalue weighted by Crippen LogP contribution is -2.66. The van der Waals surface area contributed by atoms with Gasteiger partial charge in [0.1, 0.15) is 23.1 Å². The van der Waals surface area contributed by atoms with Gasteiger partial charge in [0.25, 0.3) is 0 Å². The molecule has 2 aliphatic rings. The molecule has 10 heteroatoms. The second kappa shape index (κ2) is 10.4. The number of urea groups is 1. The molecule has 2 atom stereocenters. The summed E-state index contributed by atoms with van der Waals surface area (Å²) in [5, 5.41) is 17.5. The van der Waals surface area contributed by atoms with Crippen LogP contribution < -0.4 is 10.6 Å². The van der Waals surface area contributed by atoms with Gasteiger partial charge in [0, 0.05) is 73.6 Å². The van der Waals surface area contributed by atoms with E-state index in [1.807, 2.05) is 13.1 Å². The van der Waals surface area contributed by atoms with E-state index in [-0.39, 0.29) is 36.4 Å². The lowest BCUT2D eigenvalue weighted by atomic mass is 9.68. The summed E-state index contributed by atoms with van der Waals surface area (Å²) in [6.07, 6.45) is 1.57. The Labute approximate surface area is 219 Å². The third kappa shape index (κ3) is 4.99. The maximum Gasteiger partial charge on any atom is 0.321 e. The maximum atomic E-state index is 14.7. The zero-order valence-corrected chi connectivity index (χ0v) is 21.2. The van der Waals surface area contributed by atoms with Crippen LogP contribution in [0.4, 0.5) is 23.7 Å². The summed E-state index contributed by atoms with van der Waals surface area (Å²) in [6.45, 7) is 2.07. The molecule has 0 saturated carbocycles. The van der Waals surface area contributed by atoms with E-state index in [0.717, 1.165) is 23.8 Å². The van der Waals surface area contributed by atoms with Crippen molar-refractivity contribution in [3.05, 3.63) is 83.4 Å². The number of pyridine rings is 1. The highest BCUT2D eigenvalue weighted by Crippen LogP contribution is 2.44. The molecule has 2 bridgehead atoms. The lowest BCUT2D eigenvalue weighted by Gasteiger charge is -2.54. The van der Waals surface area contributed by atoms with E-state index < -0.39 is 23.3 Å². The van der Waals surface area contributed by atoms with Crippen molar-refractivity contribution in [2.24, 2.45) is 11.8 Å². The highest BCUT2D eigenvalue weighted by molar-refractivity contribution is 5.89. The fraction of sp³-hybridized carbons (Fsp3) is 0.357. The van der Waals surface area contributed by atoms with Crippen molar-refractivity contribution in [2.45, 2.75) is 12.1 Å². The van der Waals surface area contributed by atoms with Crippen LogP contribution in [0.1, 0.15) is 11.3 Å². The van der Waals surface area contributed by atoms with Crippen LogP contribution in [0.5, 0.6) is 0 Å². The average molecular weight is 526 g/mol. The number of benzene rings is 2. The first-order valence-corrected chi connectivity index (χ1v) is 12.5. The van der Waals surface area contributed by atoms with Gasteiger partial charge < -0.3 is 25.5 Å². The number of hydrogen-bond donors (Lipinski definition) is 3. The number of rotatable bonds is 5. The molecule has 2 amide bonds. The van der Waals surface area contributed by atoms with Crippen molar-refractivity contribution in [3.8, 4) is 11.1 Å². The summed E-state index contributed by atoms with van der Waals surface area (Å²) in [5.41, 5.74) is 1.08. The Morgan fingerprint density at radius 2 is 1.71 bits per heavy atom. The summed E-state index contributed by atoms with van der Waals surface area (Å²) in [5.74, 6) is -2.62. The molecule has 0 radical (unpaired) electrons. The van der Waals surface area contributed by atoms with Gasteiger partial charge in [0.15, 0.2) is 0 Å². The Kier molecular flexibility index (Phi) is 7.13. The van der Waals surface area contributed by atoms with Crippen molar-refractivity contribution in [1.29, 1.82) is 0 Å². The number of piperidine rings is 2. The molecule has 2 fully saturated rings. The molecule has 3 heterocycles. The third-order valence-corrected chi connectivity index (χ3v) is 7.49. The lowest BCUT2D eigenvalue weighted by molar-refractivity contribution is -0.155. The van der Waals surface area contributed by atoms with E-state index in [2.05, 4.69) is 20.5 Å². The second-order valence-corrected chi connectivity index (χ2v) is 10.2. The largest absolute Gasteiger partial charge is 0.383 e. The van der Waals surface area contributed by atoms with Crippen LogP contribution in [0, 0.1) is 29.3 Å². The van der Waals surface area contributed by atoms with Crippen LogP contribution in [-0.2, 0) is 12.1 Å². The minimum absolute atomic E-state index is 0.0269. The Morgan fingerprint density at radius 1 is 1.03 bits per heavy atom. The van der Waals surface area contributed by atoms with Gasteiger partial charge in [0.05, 0.1) is 5.69 Å². The molecule has 0 spiro atoms. The summed E-state index contributed by atoms with van der Waals surface area (Å²) in [7, 11) is 3.76. The fourth-order valence-electron chi connectivity index (χ4n) is 5.75. The molecular weight excluding hydrogens is 495 g/mol. The van der Waals surface area contributed by atoms with Gasteiger partial charge in [-0.2, -0.15) is 0 Å². The number of nitrogens with one attached hydrogen (secondary N) is 2. The monoisotopic (exact) mass is 525 g/mol. The molecule has 38 heavy (non-hydrogen) atoms. The fourth-order valence-corrected chi connectivity index (χ4v) is 5.75. The van der Waals surface area contributed by atoms with Gasteiger partial charge >= 0.3 is 6.03 Å². The van der Waals surface area contributed by atoms with Gasteiger partial charge in [-0.15, -0.1) is 0 Å². The number of halogens is 3. The van der Waals surface area contributed by atoms with Gasteiger partial charge in [-0.1, -0.05) is 18.2 Å². The summed E-state index contributed by atoms with van der Waals surface area (Å²) >= 11 is 0. The molecule has 0 aliphatic carbocycles. The van der Waals surface area contributed by atoms with E-state index in [0.29, 0.717) is 36.5 Å². The molecule has 1 aromatic heterocycles. The predicted octanol–water partition coefficient (Wildman–Crippen LogP) is 3.80. The SMILES string of the molecule is CNCc1ccc(-c2ccc(C3(O)C4CN(C)CC3CN(C(=O)Nc3cc(F)cc(F)c3)C4)nc2)c(F)c1. The zero-order valence-electron chi connectivity index (χ0n) is 21.2. The normalized spacial score (nSPS) is 23.4. The first-order chi connectivity index (χ1) is 18.2. The minimum Gasteiger partial charge on any atom is -0.383 e. The quantitative estimate of drug-likeness (QED) is 0.472. The van der Waals surface area contributed by atoms with Crippen molar-refractivity contribution in [1.82, 2.24) is 20.1 Å². The van der Waals surface area contributed by atoms with Crippen LogP contribution in [0.25, 0.3) is 11.1 Å². The Bertz CT molecular complexity index is 1300. The molecule has 200 valence electrons. The molecule has 2 aliphatic heterocycles. The number of amides is 2. The standard InChI is InChI=1S/C28H30F3N5O2/c1-32-11-17-3-5-24(25(31)7-17)18-4-6-26(33-12-18)28(38)19-13-35(2)14-20(28)16-36(15-19)27(37)34-23-9-21(29)8-22(30)10-23/h3-10,12,19-20,32,38H,11,13-16H2,1-2H3,(H,34,37). The Morgan fingerprint density at radius 3 is 2.29 bits per heavy atom. The second-order valence-electron chi connectivity index (χ2n) is 10.2. The topological polar surface area (TPSA) is 80.7 Å². The Balaban J connectivity index is 1.36. The summed E-state index contributed by atoms with van der Waals surface area (Å²) in [4.78, 5) is 21.2. The van der Waals surface area contributed by atoms with E-state index >= 15 is 0 Å². The van der Waals surface area contributed by atoms with Crippen molar-refractivity contribution in [3.63, 3.8) is 0 Å². The molecule has 3 aromatic rings. The highest BCUT2D eigenvalue weighted by atomic mass is 19.1. The summed E-state index contributed by atoms with van der Waals surface area (Å²) < 4.78 is 41.9. The number of carbonyl (C=O) groups excluding carboxylic acids is 1. The molecule has 5 rings (SSSR count). The number of aromatic nitrogens is 1. The molecule has 2 saturated heterocycles. The number of hydrogen-bond acceptors (Lipinski definition) is 5. The zero-order chi connectivity index (χ0) is 27.0. The third-order valence-electron chi connectivity index (χ3n) is 7.49. The van der Waals surface area contributed by atoms with Crippen molar-refractivity contribution < 1.29 is 23.1 Å². The number of carbonyl (C=O) groups is 1. The van der Waals surface area contributed by atoms with Gasteiger partial charge in [-0.05, 0) is 43.9 Å². The predicted molar refractivity (Wildman–Crippen MR) is 138 cm³/mol. The van der Waals surface area contributed by atoms with Crippen LogP contribution >= 0.6 is 0 Å². The smallest absolute Gasteiger partial charge is 0.321 e. The molecular formula is C28H30F3N5O2. The van der Waals surface area contributed by atoms with Crippen LogP contribution in [0.15, 0.2) is 54.7 Å². The van der Waals surface area contributed by atoms with E-state index in [1.165, 1.54) is 6.07 Å². The molecule has 2 aromatic carbocycles. The first kappa shape index (κ1) is 26.1. The van der Waals surface area contributed by atoms with E-state index in [9.17, 15) is 23.1 Å². The molecule has 7 nitrogen and oxygen atoms in total. The van der Waals surface area contributed by atoms with E-state index in [4.69, 9.17) is 0 Å². The number of anilines is 1. The van der Waals surface area contributed by atoms with Crippen molar-refractivity contribution in [2.75, 3.05) is 45.6 Å². The molecule has 3 N–H and O–H groups in total. The minimum atomic E-state index is -1.29. The van der Waals surface area contributed by atoms with E-state index in [1.54, 1.807) is 36.3 Å². The number of aliphatic hydroxyl groups is 1. The number of likely N-dealkylation sites (tertiary alicyclic amines) is 2. The highest BCUT2D eigenvalue weighted by Gasteiger charge is 2.54. The van der Waals surface area contributed by atoms with Gasteiger partial charge in [0.2, 0.25) is 0 Å². The molecule has 2 unspecified atom stereocenters. The number of nitrogens with zero attached hydrogens (tertiary/aromatic N) is 3. The Hall–Kier alpha value is -3.47. The van der Waals surface area contributed by atoms with Crippen molar-refractivity contribution >= 4 is 11.7 Å². The summed E-state index contributed by atoms with van der Waals surface area (Å²) in [6, 6.07) is 10.9. The first-order valence-electron chi connectivity index (χ1n) is 12.5. The van der Waals surface area contributed by atoms with Gasteiger partial charge in [-0.3, -0.25) is 4.98 Å². The van der Waals surface area contributed by atoms with Crippen LogP contribution in [-0.4, -0.2) is 66.2 Å². The maximum absolute atomic E-state index is 14.7. The van der Waals surface area contributed by atoms with Crippen LogP contribution in [0.3, 0.4) is 0 Å². The average Bonchev–Trinajstić information content (AvgIpc) is 2.84. The van der Waals surface area contributed by atoms with Gasteiger partial charge in [-0.25, -0.2) is 18.0 Å². The number of fused-ring (bicyclic) bond motifs is 2. The van der Waals surface area contributed by atoms with Crippen LogP contribution in [0.2, 0.25) is 0 Å².